The summed E-state index contributed by atoms with van der Waals surface area (Å²) >= 11 is 0. The number of nitrogens with one attached hydrogen (secondary N) is 1. The summed E-state index contributed by atoms with van der Waals surface area (Å²) in [6.45, 7) is 3.93. The first-order valence-electron chi connectivity index (χ1n) is 9.93. The number of pyridine rings is 1. The molecule has 1 heterocycles. The van der Waals surface area contributed by atoms with E-state index in [1.165, 1.54) is 22.9 Å². The second kappa shape index (κ2) is 8.39. The van der Waals surface area contributed by atoms with Gasteiger partial charge in [-0.25, -0.2) is 9.36 Å². The smallest absolute Gasteiger partial charge is 0.335 e. The Balaban J connectivity index is 1.80. The van der Waals surface area contributed by atoms with Crippen molar-refractivity contribution in [3.05, 3.63) is 99.3 Å². The normalized spacial score (nSPS) is 11.2. The average Bonchev–Trinajstić information content (AvgIpc) is 2.79. The number of aromatic carboxylic acids is 1. The highest BCUT2D eigenvalue weighted by molar-refractivity contribution is 6.02. The minimum atomic E-state index is -1.01. The highest BCUT2D eigenvalue weighted by atomic mass is 16.4. The number of fused-ring (bicyclic) bond motifs is 1. The van der Waals surface area contributed by atoms with E-state index in [1.807, 2.05) is 26.0 Å². The Morgan fingerprint density at radius 2 is 1.66 bits per heavy atom. The van der Waals surface area contributed by atoms with Crippen molar-refractivity contribution in [1.82, 2.24) is 4.57 Å². The Morgan fingerprint density at radius 1 is 0.969 bits per heavy atom. The Bertz CT molecular complexity index is 1420. The fourth-order valence-corrected chi connectivity index (χ4v) is 3.45. The van der Waals surface area contributed by atoms with Crippen molar-refractivity contribution < 1.29 is 15.0 Å². The van der Waals surface area contributed by atoms with E-state index < -0.39 is 5.97 Å². The number of anilines is 1. The van der Waals surface area contributed by atoms with Crippen LogP contribution in [0.25, 0.3) is 16.5 Å². The molecule has 0 aliphatic rings. The number of nitrogens with zero attached hydrogens (tertiary/aromatic N) is 2. The summed E-state index contributed by atoms with van der Waals surface area (Å²) in [4.78, 5) is 24.2. The van der Waals surface area contributed by atoms with Crippen molar-refractivity contribution >= 4 is 28.6 Å². The first kappa shape index (κ1) is 20.9. The molecule has 3 aromatic carbocycles. The molecule has 0 fully saturated rings. The average molecular weight is 427 g/mol. The number of carbonyl (C=O) groups is 1. The van der Waals surface area contributed by atoms with Crippen LogP contribution in [0.2, 0.25) is 0 Å². The maximum absolute atomic E-state index is 13.2. The standard InChI is InChI=1S/C25H21N3O4/c1-15-7-12-19(13-16(15)2)28-23(29)21-6-4-3-5-20(21)22(24(28)30)14-26-27-18-10-8-17(9-11-18)25(31)32/h3-14,27,30H,1-2H3,(H,31,32)/b26-14-. The molecule has 0 aliphatic carbocycles. The number of hydrogen-bond donors (Lipinski definition) is 3. The van der Waals surface area contributed by atoms with Crippen LogP contribution >= 0.6 is 0 Å². The Kier molecular flexibility index (Phi) is 5.47. The molecule has 0 aliphatic heterocycles. The van der Waals surface area contributed by atoms with Crippen molar-refractivity contribution in [1.29, 1.82) is 0 Å². The molecule has 160 valence electrons. The topological polar surface area (TPSA) is 104 Å². The van der Waals surface area contributed by atoms with Gasteiger partial charge in [0.15, 0.2) is 0 Å². The van der Waals surface area contributed by atoms with Crippen LogP contribution < -0.4 is 11.0 Å². The van der Waals surface area contributed by atoms with Gasteiger partial charge in [0.25, 0.3) is 5.56 Å². The van der Waals surface area contributed by atoms with Crippen molar-refractivity contribution in [2.24, 2.45) is 5.10 Å². The van der Waals surface area contributed by atoms with E-state index in [4.69, 9.17) is 5.11 Å². The van der Waals surface area contributed by atoms with E-state index in [0.717, 1.165) is 11.1 Å². The summed E-state index contributed by atoms with van der Waals surface area (Å²) in [5.41, 5.74) is 6.28. The molecule has 32 heavy (non-hydrogen) atoms. The van der Waals surface area contributed by atoms with E-state index in [1.54, 1.807) is 42.5 Å². The summed E-state index contributed by atoms with van der Waals surface area (Å²) in [5, 5.41) is 25.3. The molecule has 0 atom stereocenters. The fraction of sp³-hybridized carbons (Fsp3) is 0.0800. The van der Waals surface area contributed by atoms with Crippen molar-refractivity contribution in [3.63, 3.8) is 0 Å². The van der Waals surface area contributed by atoms with Crippen molar-refractivity contribution in [3.8, 4) is 11.6 Å². The zero-order chi connectivity index (χ0) is 22.8. The number of carboxylic acids is 1. The molecule has 4 rings (SSSR count). The highest BCUT2D eigenvalue weighted by Crippen LogP contribution is 2.26. The van der Waals surface area contributed by atoms with Crippen LogP contribution in [-0.4, -0.2) is 27.0 Å². The van der Waals surface area contributed by atoms with E-state index in [2.05, 4.69) is 10.5 Å². The molecule has 0 bridgehead atoms. The van der Waals surface area contributed by atoms with Crippen LogP contribution in [0.1, 0.15) is 27.0 Å². The van der Waals surface area contributed by atoms with Crippen LogP contribution in [0.5, 0.6) is 5.88 Å². The van der Waals surface area contributed by atoms with Gasteiger partial charge in [0.05, 0.1) is 28.7 Å². The van der Waals surface area contributed by atoms with E-state index in [-0.39, 0.29) is 17.0 Å². The third-order valence-corrected chi connectivity index (χ3v) is 5.37. The fourth-order valence-electron chi connectivity index (χ4n) is 3.45. The van der Waals surface area contributed by atoms with Gasteiger partial charge >= 0.3 is 5.97 Å². The third kappa shape index (κ3) is 3.83. The number of aromatic hydroxyl groups is 1. The lowest BCUT2D eigenvalue weighted by Gasteiger charge is -2.14. The molecule has 4 aromatic rings. The SMILES string of the molecule is Cc1ccc(-n2c(O)c(/C=N\Nc3ccc(C(=O)O)cc3)c3ccccc3c2=O)cc1C. The lowest BCUT2D eigenvalue weighted by molar-refractivity contribution is 0.0697. The second-order valence-corrected chi connectivity index (χ2v) is 7.44. The van der Waals surface area contributed by atoms with Gasteiger partial charge in [0.1, 0.15) is 0 Å². The number of carboxylic acid groups (broad SMARTS) is 1. The zero-order valence-corrected chi connectivity index (χ0v) is 17.5. The van der Waals surface area contributed by atoms with Crippen LogP contribution in [0.4, 0.5) is 5.69 Å². The number of rotatable bonds is 5. The number of hydrogen-bond acceptors (Lipinski definition) is 5. The second-order valence-electron chi connectivity index (χ2n) is 7.44. The van der Waals surface area contributed by atoms with Crippen molar-refractivity contribution in [2.75, 3.05) is 5.43 Å². The third-order valence-electron chi connectivity index (χ3n) is 5.37. The molecule has 0 amide bonds. The van der Waals surface area contributed by atoms with Gasteiger partial charge in [-0.05, 0) is 67.4 Å². The first-order valence-corrected chi connectivity index (χ1v) is 9.93. The summed E-state index contributed by atoms with van der Waals surface area (Å²) in [7, 11) is 0. The van der Waals surface area contributed by atoms with Gasteiger partial charge in [0.2, 0.25) is 5.88 Å². The first-order chi connectivity index (χ1) is 15.4. The minimum absolute atomic E-state index is 0.170. The van der Waals surface area contributed by atoms with Gasteiger partial charge in [-0.2, -0.15) is 5.10 Å². The minimum Gasteiger partial charge on any atom is -0.494 e. The predicted octanol–water partition coefficient (Wildman–Crippen LogP) is 4.46. The van der Waals surface area contributed by atoms with Gasteiger partial charge in [0, 0.05) is 10.8 Å². The summed E-state index contributed by atoms with van der Waals surface area (Å²) in [5.74, 6) is -1.23. The Hall–Kier alpha value is -4.39. The van der Waals surface area contributed by atoms with Gasteiger partial charge in [-0.3, -0.25) is 10.2 Å². The molecular weight excluding hydrogens is 406 g/mol. The van der Waals surface area contributed by atoms with Crippen LogP contribution in [0.15, 0.2) is 76.6 Å². The predicted molar refractivity (Wildman–Crippen MR) is 125 cm³/mol. The maximum Gasteiger partial charge on any atom is 0.335 e. The lowest BCUT2D eigenvalue weighted by Crippen LogP contribution is -2.20. The van der Waals surface area contributed by atoms with Gasteiger partial charge < -0.3 is 10.2 Å². The molecule has 0 spiro atoms. The quantitative estimate of drug-likeness (QED) is 0.322. The van der Waals surface area contributed by atoms with E-state index in [0.29, 0.717) is 27.7 Å². The number of benzene rings is 3. The van der Waals surface area contributed by atoms with Crippen molar-refractivity contribution in [2.45, 2.75) is 13.8 Å². The molecule has 0 radical (unpaired) electrons. The molecule has 1 aromatic heterocycles. The highest BCUT2D eigenvalue weighted by Gasteiger charge is 2.16. The van der Waals surface area contributed by atoms with E-state index in [9.17, 15) is 14.7 Å². The van der Waals surface area contributed by atoms with Crippen LogP contribution in [0, 0.1) is 13.8 Å². The molecule has 3 N–H and O–H groups in total. The number of aryl methyl sites for hydroxylation is 2. The molecule has 0 unspecified atom stereocenters. The Labute approximate surface area is 183 Å². The van der Waals surface area contributed by atoms with Gasteiger partial charge in [-0.15, -0.1) is 0 Å². The van der Waals surface area contributed by atoms with Crippen LogP contribution in [0.3, 0.4) is 0 Å². The molecular formula is C25H21N3O4. The number of hydrazone groups is 1. The molecule has 0 saturated heterocycles. The molecule has 0 saturated carbocycles. The monoisotopic (exact) mass is 427 g/mol. The van der Waals surface area contributed by atoms with E-state index >= 15 is 0 Å². The summed E-state index contributed by atoms with van der Waals surface area (Å²) < 4.78 is 1.28. The molecule has 7 heteroatoms. The van der Waals surface area contributed by atoms with Gasteiger partial charge in [-0.1, -0.05) is 24.3 Å². The van der Waals surface area contributed by atoms with Crippen LogP contribution in [-0.2, 0) is 0 Å². The largest absolute Gasteiger partial charge is 0.494 e. The molecule has 7 nitrogen and oxygen atoms in total. The summed E-state index contributed by atoms with van der Waals surface area (Å²) in [6.07, 6.45) is 1.44. The Morgan fingerprint density at radius 3 is 2.31 bits per heavy atom. The number of aromatic nitrogens is 1. The lowest BCUT2D eigenvalue weighted by atomic mass is 10.1. The maximum atomic E-state index is 13.2. The summed E-state index contributed by atoms with van der Waals surface area (Å²) in [6, 6.07) is 18.7. The zero-order valence-electron chi connectivity index (χ0n) is 17.5.